The van der Waals surface area contributed by atoms with E-state index in [2.05, 4.69) is 243 Å². The van der Waals surface area contributed by atoms with Crippen molar-refractivity contribution in [3.05, 3.63) is 269 Å². The standard InChI is InChI=1S/C61H46N2S2/c1-4-5-28-48-41(3)61(51-31-18-17-29-49(48)51)52-37-42-20-15-16-21-43(42)38-57(52)64-56-36-34-47(39-53(56)61)63(46-26-13-8-14-27-46)54-32-19-30-50-58-40(2)33-35-55(60(58)65-59(50)54)62(44-22-9-6-10-23-44)45-24-11-7-12-25-45/h4-40,58H,1H2,2-3H3/b28-5-. The number of hydrogen-bond acceptors (Lipinski definition) is 4. The van der Waals surface area contributed by atoms with Crippen LogP contribution in [0, 0.1) is 5.92 Å². The maximum Gasteiger partial charge on any atom is 0.0696 e. The van der Waals surface area contributed by atoms with Gasteiger partial charge in [0.2, 0.25) is 0 Å². The normalized spacial score (nSPS) is 19.0. The maximum atomic E-state index is 4.07. The van der Waals surface area contributed by atoms with E-state index >= 15 is 0 Å². The summed E-state index contributed by atoms with van der Waals surface area (Å²) >= 11 is 3.85. The van der Waals surface area contributed by atoms with Gasteiger partial charge in [-0.05, 0) is 141 Å². The summed E-state index contributed by atoms with van der Waals surface area (Å²) in [6.07, 6.45) is 11.0. The second kappa shape index (κ2) is 15.9. The van der Waals surface area contributed by atoms with Gasteiger partial charge in [0.05, 0.1) is 16.8 Å². The van der Waals surface area contributed by atoms with Crippen molar-refractivity contribution >= 4 is 68.3 Å². The molecule has 1 spiro atoms. The van der Waals surface area contributed by atoms with Crippen LogP contribution < -0.4 is 9.80 Å². The summed E-state index contributed by atoms with van der Waals surface area (Å²) in [6.45, 7) is 8.80. The molecular formula is C61H46N2S2. The average Bonchev–Trinajstić information content (AvgIpc) is 3.87. The summed E-state index contributed by atoms with van der Waals surface area (Å²) in [4.78, 5) is 10.2. The molecule has 0 saturated heterocycles. The highest BCUT2D eigenvalue weighted by Crippen LogP contribution is 2.64. The molecule has 8 aromatic carbocycles. The minimum atomic E-state index is -0.517. The Morgan fingerprint density at radius 1 is 0.569 bits per heavy atom. The van der Waals surface area contributed by atoms with Crippen molar-refractivity contribution in [3.63, 3.8) is 0 Å². The molecule has 12 rings (SSSR count). The van der Waals surface area contributed by atoms with E-state index in [0.29, 0.717) is 5.92 Å². The first-order chi connectivity index (χ1) is 32.0. The van der Waals surface area contributed by atoms with Gasteiger partial charge in [0.15, 0.2) is 0 Å². The molecular weight excluding hydrogens is 825 g/mol. The zero-order chi connectivity index (χ0) is 43.6. The van der Waals surface area contributed by atoms with Crippen molar-refractivity contribution in [2.75, 3.05) is 9.80 Å². The summed E-state index contributed by atoms with van der Waals surface area (Å²) in [5.41, 5.74) is 15.7. The molecule has 0 amide bonds. The van der Waals surface area contributed by atoms with E-state index in [1.54, 1.807) is 0 Å². The Bertz CT molecular complexity index is 3290. The van der Waals surface area contributed by atoms with Gasteiger partial charge in [-0.15, -0.1) is 0 Å². The van der Waals surface area contributed by atoms with Crippen LogP contribution in [0.2, 0.25) is 0 Å². The first-order valence-electron chi connectivity index (χ1n) is 22.5. The number of hydrogen-bond donors (Lipinski definition) is 0. The predicted octanol–water partition coefficient (Wildman–Crippen LogP) is 17.1. The molecule has 4 aliphatic rings. The molecule has 0 N–H and O–H groups in total. The molecule has 0 saturated carbocycles. The van der Waals surface area contributed by atoms with Gasteiger partial charge >= 0.3 is 0 Å². The van der Waals surface area contributed by atoms with Crippen molar-refractivity contribution in [1.29, 1.82) is 0 Å². The molecule has 4 heteroatoms. The molecule has 0 bridgehead atoms. The molecule has 2 aliphatic carbocycles. The van der Waals surface area contributed by atoms with E-state index in [1.807, 2.05) is 29.6 Å². The summed E-state index contributed by atoms with van der Waals surface area (Å²) in [6, 6.07) is 69.6. The van der Waals surface area contributed by atoms with Crippen molar-refractivity contribution in [1.82, 2.24) is 0 Å². The number of fused-ring (bicyclic) bond motifs is 10. The Labute approximate surface area is 390 Å². The highest BCUT2D eigenvalue weighted by atomic mass is 32.2. The van der Waals surface area contributed by atoms with E-state index in [-0.39, 0.29) is 5.92 Å². The van der Waals surface area contributed by atoms with Crippen LogP contribution in [-0.2, 0) is 5.41 Å². The van der Waals surface area contributed by atoms with Crippen LogP contribution in [0.15, 0.2) is 256 Å². The third kappa shape index (κ3) is 6.19. The average molecular weight is 871 g/mol. The van der Waals surface area contributed by atoms with Crippen molar-refractivity contribution < 1.29 is 0 Å². The Morgan fingerprint density at radius 2 is 1.20 bits per heavy atom. The molecule has 2 aliphatic heterocycles. The van der Waals surface area contributed by atoms with Crippen LogP contribution in [0.3, 0.4) is 0 Å². The maximum absolute atomic E-state index is 4.07. The molecule has 312 valence electrons. The van der Waals surface area contributed by atoms with Gasteiger partial charge < -0.3 is 9.80 Å². The van der Waals surface area contributed by atoms with E-state index in [9.17, 15) is 0 Å². The van der Waals surface area contributed by atoms with Gasteiger partial charge in [-0.3, -0.25) is 0 Å². The smallest absolute Gasteiger partial charge is 0.0696 e. The fourth-order valence-electron chi connectivity index (χ4n) is 11.0. The summed E-state index contributed by atoms with van der Waals surface area (Å²) in [5.74, 6) is 0.552. The molecule has 3 atom stereocenters. The van der Waals surface area contributed by atoms with E-state index < -0.39 is 5.41 Å². The molecule has 65 heavy (non-hydrogen) atoms. The lowest BCUT2D eigenvalue weighted by atomic mass is 9.66. The van der Waals surface area contributed by atoms with Crippen molar-refractivity contribution in [2.24, 2.45) is 5.92 Å². The lowest BCUT2D eigenvalue weighted by Crippen LogP contribution is -2.32. The fourth-order valence-corrected chi connectivity index (χ4v) is 13.7. The monoisotopic (exact) mass is 870 g/mol. The van der Waals surface area contributed by atoms with Gasteiger partial charge in [-0.1, -0.05) is 177 Å². The van der Waals surface area contributed by atoms with E-state index in [0.717, 1.165) is 22.7 Å². The number of allylic oxidation sites excluding steroid dienone is 8. The Morgan fingerprint density at radius 3 is 1.91 bits per heavy atom. The second-order valence-corrected chi connectivity index (χ2v) is 19.5. The number of rotatable bonds is 8. The lowest BCUT2D eigenvalue weighted by Gasteiger charge is -2.41. The molecule has 0 radical (unpaired) electrons. The Hall–Kier alpha value is -6.98. The predicted molar refractivity (Wildman–Crippen MR) is 276 cm³/mol. The quantitative estimate of drug-likeness (QED) is 0.140. The summed E-state index contributed by atoms with van der Waals surface area (Å²) in [5, 5.41) is 2.52. The summed E-state index contributed by atoms with van der Waals surface area (Å²) < 4.78 is 0. The molecule has 0 fully saturated rings. The first-order valence-corrected chi connectivity index (χ1v) is 24.1. The zero-order valence-electron chi connectivity index (χ0n) is 36.4. The van der Waals surface area contributed by atoms with Gasteiger partial charge in [0.1, 0.15) is 0 Å². The minimum Gasteiger partial charge on any atom is -0.310 e. The second-order valence-electron chi connectivity index (χ2n) is 17.3. The number of nitrogens with zero attached hydrogens (tertiary/aromatic N) is 2. The Kier molecular flexibility index (Phi) is 9.70. The van der Waals surface area contributed by atoms with Crippen LogP contribution in [0.1, 0.15) is 47.6 Å². The first kappa shape index (κ1) is 39.6. The van der Waals surface area contributed by atoms with Crippen LogP contribution in [0.4, 0.5) is 28.4 Å². The molecule has 2 heterocycles. The zero-order valence-corrected chi connectivity index (χ0v) is 38.0. The third-order valence-electron chi connectivity index (χ3n) is 13.8. The SMILES string of the molecule is C=C/C=C\C1=C(C)C2(c3cc(N(c4ccccc4)c4cccc5c4SC4=C(N(c6ccccc6)c6ccccc6)C=CC(C)C45)ccc3Sc3cc4ccccc4cc32)c2ccccc21. The Balaban J connectivity index is 1.08. The molecule has 8 aromatic rings. The largest absolute Gasteiger partial charge is 0.310 e. The number of anilines is 5. The lowest BCUT2D eigenvalue weighted by molar-refractivity contribution is 0.621. The van der Waals surface area contributed by atoms with Gasteiger partial charge in [0, 0.05) is 48.3 Å². The van der Waals surface area contributed by atoms with Crippen molar-refractivity contribution in [3.8, 4) is 0 Å². The van der Waals surface area contributed by atoms with Crippen LogP contribution in [0.5, 0.6) is 0 Å². The fraction of sp³-hybridized carbons (Fsp3) is 0.0820. The summed E-state index contributed by atoms with van der Waals surface area (Å²) in [7, 11) is 0. The third-order valence-corrected chi connectivity index (χ3v) is 16.3. The molecule has 0 aromatic heterocycles. The highest BCUT2D eigenvalue weighted by molar-refractivity contribution is 8.03. The number of thioether (sulfide) groups is 1. The van der Waals surface area contributed by atoms with E-state index in [1.165, 1.54) is 80.7 Å². The van der Waals surface area contributed by atoms with Crippen LogP contribution in [-0.4, -0.2) is 0 Å². The highest BCUT2D eigenvalue weighted by Gasteiger charge is 2.50. The minimum absolute atomic E-state index is 0.224. The van der Waals surface area contributed by atoms with Crippen LogP contribution in [0.25, 0.3) is 16.3 Å². The van der Waals surface area contributed by atoms with Gasteiger partial charge in [-0.25, -0.2) is 0 Å². The van der Waals surface area contributed by atoms with Crippen molar-refractivity contribution in [2.45, 2.75) is 39.9 Å². The molecule has 3 unspecified atom stereocenters. The van der Waals surface area contributed by atoms with E-state index in [4.69, 9.17) is 0 Å². The number of para-hydroxylation sites is 3. The van der Waals surface area contributed by atoms with Gasteiger partial charge in [-0.2, -0.15) is 0 Å². The van der Waals surface area contributed by atoms with Gasteiger partial charge in [0.25, 0.3) is 0 Å². The topological polar surface area (TPSA) is 6.48 Å². The molecule has 2 nitrogen and oxygen atoms in total. The number of benzene rings is 8. The van der Waals surface area contributed by atoms with Crippen LogP contribution >= 0.6 is 23.5 Å².